The van der Waals surface area contributed by atoms with Gasteiger partial charge in [0, 0.05) is 11.1 Å². The fourth-order valence-corrected chi connectivity index (χ4v) is 1.99. The van der Waals surface area contributed by atoms with Crippen LogP contribution in [0, 0.1) is 0 Å². The molecule has 0 heterocycles. The molecule has 0 spiro atoms. The summed E-state index contributed by atoms with van der Waals surface area (Å²) in [5.74, 6) is 0. The third-order valence-corrected chi connectivity index (χ3v) is 3.09. The summed E-state index contributed by atoms with van der Waals surface area (Å²) in [6.07, 6.45) is 5.34. The van der Waals surface area contributed by atoms with E-state index in [-0.39, 0.29) is 6.04 Å². The summed E-state index contributed by atoms with van der Waals surface area (Å²) in [6.45, 7) is 0.778. The maximum Gasteiger partial charge on any atom is 0.0438 e. The smallest absolute Gasteiger partial charge is 0.0438 e. The first-order valence-corrected chi connectivity index (χ1v) is 6.31. The maximum atomic E-state index is 6.08. The van der Waals surface area contributed by atoms with Crippen molar-refractivity contribution in [1.82, 2.24) is 0 Å². The molecule has 0 amide bonds. The van der Waals surface area contributed by atoms with Gasteiger partial charge in [-0.25, -0.2) is 0 Å². The van der Waals surface area contributed by atoms with Crippen molar-refractivity contribution in [3.8, 4) is 0 Å². The largest absolute Gasteiger partial charge is 0.330 e. The van der Waals surface area contributed by atoms with Gasteiger partial charge >= 0.3 is 0 Å². The molecule has 0 aliphatic carbocycles. The number of halogens is 1. The van der Waals surface area contributed by atoms with E-state index in [1.807, 2.05) is 24.3 Å². The van der Waals surface area contributed by atoms with Crippen LogP contribution in [0.4, 0.5) is 0 Å². The van der Waals surface area contributed by atoms with Crippen LogP contribution in [0.5, 0.6) is 0 Å². The molecular formula is C13H21ClN2. The zero-order chi connectivity index (χ0) is 11.8. The van der Waals surface area contributed by atoms with Crippen LogP contribution in [-0.4, -0.2) is 12.6 Å². The van der Waals surface area contributed by atoms with Gasteiger partial charge in [0.15, 0.2) is 0 Å². The first kappa shape index (κ1) is 13.5. The third-order valence-electron chi connectivity index (χ3n) is 2.72. The van der Waals surface area contributed by atoms with Crippen LogP contribution in [0.3, 0.4) is 0 Å². The molecule has 2 nitrogen and oxygen atoms in total. The third kappa shape index (κ3) is 4.97. The van der Waals surface area contributed by atoms with Crippen LogP contribution in [0.1, 0.15) is 31.2 Å². The highest BCUT2D eigenvalue weighted by atomic mass is 35.5. The lowest BCUT2D eigenvalue weighted by Crippen LogP contribution is -2.22. The lowest BCUT2D eigenvalue weighted by Gasteiger charge is -2.12. The molecule has 0 saturated carbocycles. The van der Waals surface area contributed by atoms with Gasteiger partial charge < -0.3 is 11.5 Å². The highest BCUT2D eigenvalue weighted by Crippen LogP contribution is 2.17. The van der Waals surface area contributed by atoms with Gasteiger partial charge in [0.1, 0.15) is 0 Å². The fourth-order valence-electron chi connectivity index (χ4n) is 1.78. The summed E-state index contributed by atoms with van der Waals surface area (Å²) < 4.78 is 0. The number of nitrogens with two attached hydrogens (primary N) is 2. The Kier molecular flexibility index (Phi) is 6.46. The molecule has 3 heteroatoms. The number of unbranched alkanes of at least 4 members (excludes halogenated alkanes) is 2. The number of hydrogen-bond acceptors (Lipinski definition) is 2. The quantitative estimate of drug-likeness (QED) is 0.720. The summed E-state index contributed by atoms with van der Waals surface area (Å²) >= 11 is 6.08. The predicted octanol–water partition coefficient (Wildman–Crippen LogP) is 2.73. The molecule has 0 aliphatic heterocycles. The van der Waals surface area contributed by atoms with Gasteiger partial charge in [0.2, 0.25) is 0 Å². The van der Waals surface area contributed by atoms with Crippen molar-refractivity contribution >= 4 is 11.6 Å². The standard InChI is InChI=1S/C13H21ClN2/c14-13-8-4-3-6-11(13)10-12(16)7-2-1-5-9-15/h3-4,6,8,12H,1-2,5,7,9-10,15-16H2. The van der Waals surface area contributed by atoms with E-state index in [1.165, 1.54) is 6.42 Å². The van der Waals surface area contributed by atoms with Crippen molar-refractivity contribution in [2.24, 2.45) is 11.5 Å². The van der Waals surface area contributed by atoms with Crippen molar-refractivity contribution in [1.29, 1.82) is 0 Å². The Bertz CT molecular complexity index is 302. The second-order valence-corrected chi connectivity index (χ2v) is 4.60. The SMILES string of the molecule is NCCCCCC(N)Cc1ccccc1Cl. The minimum Gasteiger partial charge on any atom is -0.330 e. The number of rotatable bonds is 7. The minimum absolute atomic E-state index is 0.206. The Morgan fingerprint density at radius 1 is 1.12 bits per heavy atom. The van der Waals surface area contributed by atoms with Gasteiger partial charge in [-0.2, -0.15) is 0 Å². The molecule has 1 atom stereocenters. The van der Waals surface area contributed by atoms with Gasteiger partial charge in [0.05, 0.1) is 0 Å². The fraction of sp³-hybridized carbons (Fsp3) is 0.538. The first-order chi connectivity index (χ1) is 7.74. The van der Waals surface area contributed by atoms with Crippen LogP contribution in [-0.2, 0) is 6.42 Å². The molecule has 90 valence electrons. The lowest BCUT2D eigenvalue weighted by molar-refractivity contribution is 0.551. The van der Waals surface area contributed by atoms with E-state index in [1.54, 1.807) is 0 Å². The highest BCUT2D eigenvalue weighted by molar-refractivity contribution is 6.31. The minimum atomic E-state index is 0.206. The molecule has 0 aromatic heterocycles. The van der Waals surface area contributed by atoms with E-state index in [4.69, 9.17) is 23.1 Å². The molecule has 4 N–H and O–H groups in total. The van der Waals surface area contributed by atoms with Gasteiger partial charge in [-0.05, 0) is 37.4 Å². The zero-order valence-corrected chi connectivity index (χ0v) is 10.4. The van der Waals surface area contributed by atoms with E-state index in [2.05, 4.69) is 0 Å². The van der Waals surface area contributed by atoms with Crippen molar-refractivity contribution < 1.29 is 0 Å². The van der Waals surface area contributed by atoms with E-state index in [9.17, 15) is 0 Å². The van der Waals surface area contributed by atoms with Crippen LogP contribution in [0.25, 0.3) is 0 Å². The zero-order valence-electron chi connectivity index (χ0n) is 9.66. The highest BCUT2D eigenvalue weighted by Gasteiger charge is 2.06. The van der Waals surface area contributed by atoms with Crippen molar-refractivity contribution in [3.05, 3.63) is 34.9 Å². The molecular weight excluding hydrogens is 220 g/mol. The molecule has 0 radical (unpaired) electrons. The molecule has 1 aromatic carbocycles. The van der Waals surface area contributed by atoms with E-state index < -0.39 is 0 Å². The van der Waals surface area contributed by atoms with Crippen molar-refractivity contribution in [3.63, 3.8) is 0 Å². The van der Waals surface area contributed by atoms with Crippen molar-refractivity contribution in [2.75, 3.05) is 6.54 Å². The van der Waals surface area contributed by atoms with Gasteiger partial charge in [-0.1, -0.05) is 42.6 Å². The van der Waals surface area contributed by atoms with Crippen LogP contribution < -0.4 is 11.5 Å². The van der Waals surface area contributed by atoms with Crippen LogP contribution >= 0.6 is 11.6 Å². The van der Waals surface area contributed by atoms with Gasteiger partial charge in [-0.3, -0.25) is 0 Å². The monoisotopic (exact) mass is 240 g/mol. The Morgan fingerprint density at radius 2 is 1.88 bits per heavy atom. The molecule has 0 saturated heterocycles. The number of benzene rings is 1. The van der Waals surface area contributed by atoms with E-state index in [0.29, 0.717) is 0 Å². The molecule has 0 fully saturated rings. The van der Waals surface area contributed by atoms with Crippen molar-refractivity contribution in [2.45, 2.75) is 38.1 Å². The molecule has 1 rings (SSSR count). The lowest BCUT2D eigenvalue weighted by atomic mass is 10.0. The predicted molar refractivity (Wildman–Crippen MR) is 70.7 cm³/mol. The first-order valence-electron chi connectivity index (χ1n) is 5.93. The number of hydrogen-bond donors (Lipinski definition) is 2. The summed E-state index contributed by atoms with van der Waals surface area (Å²) in [5.41, 5.74) is 12.7. The Hall–Kier alpha value is -0.570. The average Bonchev–Trinajstić information content (AvgIpc) is 2.28. The average molecular weight is 241 g/mol. The Labute approximate surface area is 103 Å². The summed E-state index contributed by atoms with van der Waals surface area (Å²) in [7, 11) is 0. The molecule has 16 heavy (non-hydrogen) atoms. The topological polar surface area (TPSA) is 52.0 Å². The molecule has 0 bridgehead atoms. The van der Waals surface area contributed by atoms with E-state index >= 15 is 0 Å². The second kappa shape index (κ2) is 7.66. The maximum absolute atomic E-state index is 6.08. The summed E-state index contributed by atoms with van der Waals surface area (Å²) in [6, 6.07) is 8.11. The van der Waals surface area contributed by atoms with Gasteiger partial charge in [-0.15, -0.1) is 0 Å². The Morgan fingerprint density at radius 3 is 2.56 bits per heavy atom. The molecule has 1 unspecified atom stereocenters. The van der Waals surface area contributed by atoms with Crippen LogP contribution in [0.15, 0.2) is 24.3 Å². The summed E-state index contributed by atoms with van der Waals surface area (Å²) in [5, 5.41) is 0.819. The second-order valence-electron chi connectivity index (χ2n) is 4.19. The Balaban J connectivity index is 2.28. The summed E-state index contributed by atoms with van der Waals surface area (Å²) in [4.78, 5) is 0. The molecule has 0 aliphatic rings. The van der Waals surface area contributed by atoms with Gasteiger partial charge in [0.25, 0.3) is 0 Å². The van der Waals surface area contributed by atoms with Crippen LogP contribution in [0.2, 0.25) is 5.02 Å². The van der Waals surface area contributed by atoms with E-state index in [0.717, 1.165) is 42.8 Å². The normalized spacial score (nSPS) is 12.7. The molecule has 1 aromatic rings.